The summed E-state index contributed by atoms with van der Waals surface area (Å²) in [6.45, 7) is 1.11. The lowest BCUT2D eigenvalue weighted by Gasteiger charge is -2.36. The molecule has 0 aliphatic carbocycles. The molecule has 128 valence electrons. The predicted octanol–water partition coefficient (Wildman–Crippen LogP) is 3.89. The highest BCUT2D eigenvalue weighted by molar-refractivity contribution is 9.10. The van der Waals surface area contributed by atoms with Crippen LogP contribution in [0.2, 0.25) is 5.02 Å². The number of rotatable bonds is 1. The summed E-state index contributed by atoms with van der Waals surface area (Å²) in [5.41, 5.74) is 0.210. The Morgan fingerprint density at radius 2 is 2.21 bits per heavy atom. The summed E-state index contributed by atoms with van der Waals surface area (Å²) in [5.74, 6) is 0.547. The van der Waals surface area contributed by atoms with E-state index in [9.17, 15) is 4.39 Å². The van der Waals surface area contributed by atoms with Gasteiger partial charge in [0.1, 0.15) is 22.5 Å². The number of fused-ring (bicyclic) bond motifs is 1. The van der Waals surface area contributed by atoms with E-state index in [1.807, 2.05) is 18.2 Å². The first kappa shape index (κ1) is 16.6. The summed E-state index contributed by atoms with van der Waals surface area (Å²) in [6.07, 6.45) is 2.47. The van der Waals surface area contributed by atoms with Crippen molar-refractivity contribution in [3.63, 3.8) is 0 Å². The fourth-order valence-corrected chi connectivity index (χ4v) is 4.18. The van der Waals surface area contributed by atoms with Crippen LogP contribution in [-0.4, -0.2) is 48.6 Å². The van der Waals surface area contributed by atoms with Crippen LogP contribution >= 0.6 is 39.3 Å². The zero-order valence-corrected chi connectivity index (χ0v) is 16.1. The van der Waals surface area contributed by atoms with Crippen molar-refractivity contribution in [1.82, 2.24) is 9.97 Å². The zero-order valence-electron chi connectivity index (χ0n) is 13.0. The number of likely N-dealkylation sites (N-methyl/N-ethyl adjacent to an activating group) is 1. The molecular formula is C15H14BrClFN3O2S. The van der Waals surface area contributed by atoms with E-state index in [-0.39, 0.29) is 27.2 Å². The molecule has 2 aliphatic rings. The van der Waals surface area contributed by atoms with Crippen LogP contribution in [0, 0.1) is 5.82 Å². The first-order chi connectivity index (χ1) is 11.5. The molecule has 0 amide bonds. The normalized spacial score (nSPS) is 23.0. The van der Waals surface area contributed by atoms with E-state index < -0.39 is 5.82 Å². The molecule has 1 fully saturated rings. The van der Waals surface area contributed by atoms with Gasteiger partial charge in [0.15, 0.2) is 16.7 Å². The van der Waals surface area contributed by atoms with Crippen molar-refractivity contribution in [2.75, 3.05) is 31.4 Å². The third-order valence-electron chi connectivity index (χ3n) is 4.44. The molecule has 1 aromatic heterocycles. The minimum atomic E-state index is -0.504. The molecule has 0 radical (unpaired) electrons. The van der Waals surface area contributed by atoms with Crippen molar-refractivity contribution < 1.29 is 13.9 Å². The van der Waals surface area contributed by atoms with E-state index in [1.165, 1.54) is 11.8 Å². The second-order valence-electron chi connectivity index (χ2n) is 5.73. The largest absolute Gasteiger partial charge is 0.483 e. The van der Waals surface area contributed by atoms with Crippen molar-refractivity contribution in [2.45, 2.75) is 23.7 Å². The number of halogens is 3. The molecule has 0 N–H and O–H groups in total. The van der Waals surface area contributed by atoms with E-state index in [2.05, 4.69) is 25.9 Å². The summed E-state index contributed by atoms with van der Waals surface area (Å²) in [6, 6.07) is 0.0804. The van der Waals surface area contributed by atoms with Gasteiger partial charge in [-0.3, -0.25) is 0 Å². The fourth-order valence-electron chi connectivity index (χ4n) is 3.23. The zero-order chi connectivity index (χ0) is 17.0. The first-order valence-corrected chi connectivity index (χ1v) is 9.82. The van der Waals surface area contributed by atoms with Crippen molar-refractivity contribution in [3.8, 4) is 5.75 Å². The summed E-state index contributed by atoms with van der Waals surface area (Å²) < 4.78 is 26.7. The average Bonchev–Trinajstić information content (AvgIpc) is 2.73. The lowest BCUT2D eigenvalue weighted by atomic mass is 10.0. The van der Waals surface area contributed by atoms with Gasteiger partial charge in [-0.05, 0) is 28.6 Å². The number of anilines is 1. The molecule has 3 heterocycles. The quantitative estimate of drug-likeness (QED) is 0.385. The van der Waals surface area contributed by atoms with Crippen molar-refractivity contribution in [3.05, 3.63) is 15.3 Å². The molecule has 0 unspecified atom stereocenters. The number of aromatic nitrogens is 2. The molecule has 1 aromatic carbocycles. The minimum absolute atomic E-state index is 0.0804. The average molecular weight is 435 g/mol. The molecule has 2 aromatic rings. The SMILES string of the molecule is CSc1nc2c3c(c(Cl)c(Br)c(F)c3n1)O[C@H]1COCC[C@@H]1N2C. The van der Waals surface area contributed by atoms with Crippen molar-refractivity contribution in [1.29, 1.82) is 0 Å². The second-order valence-corrected chi connectivity index (χ2v) is 7.67. The van der Waals surface area contributed by atoms with Gasteiger partial charge in [0.2, 0.25) is 0 Å². The Morgan fingerprint density at radius 1 is 1.42 bits per heavy atom. The Balaban J connectivity index is 2.08. The third-order valence-corrected chi connectivity index (χ3v) is 6.32. The van der Waals surface area contributed by atoms with Gasteiger partial charge >= 0.3 is 0 Å². The van der Waals surface area contributed by atoms with Crippen LogP contribution in [0.5, 0.6) is 5.75 Å². The molecule has 9 heteroatoms. The highest BCUT2D eigenvalue weighted by Crippen LogP contribution is 2.47. The maximum atomic E-state index is 14.8. The van der Waals surface area contributed by atoms with Gasteiger partial charge < -0.3 is 14.4 Å². The number of hydrogen-bond donors (Lipinski definition) is 0. The molecular weight excluding hydrogens is 421 g/mol. The molecule has 0 bridgehead atoms. The summed E-state index contributed by atoms with van der Waals surface area (Å²) >= 11 is 11.0. The van der Waals surface area contributed by atoms with Crippen LogP contribution in [0.25, 0.3) is 10.9 Å². The number of hydrogen-bond acceptors (Lipinski definition) is 6. The molecule has 24 heavy (non-hydrogen) atoms. The molecule has 2 atom stereocenters. The van der Waals surface area contributed by atoms with E-state index >= 15 is 0 Å². The maximum Gasteiger partial charge on any atom is 0.189 e. The van der Waals surface area contributed by atoms with Crippen molar-refractivity contribution in [2.24, 2.45) is 0 Å². The molecule has 5 nitrogen and oxygen atoms in total. The summed E-state index contributed by atoms with van der Waals surface area (Å²) in [5, 5.41) is 1.21. The number of thioether (sulfide) groups is 1. The Labute approximate surface area is 156 Å². The van der Waals surface area contributed by atoms with Gasteiger partial charge in [0.25, 0.3) is 0 Å². The molecule has 1 saturated heterocycles. The Bertz CT molecular complexity index is 840. The smallest absolute Gasteiger partial charge is 0.189 e. The number of ether oxygens (including phenoxy) is 2. The number of benzene rings is 1. The predicted molar refractivity (Wildman–Crippen MR) is 96.0 cm³/mol. The first-order valence-electron chi connectivity index (χ1n) is 7.42. The fraction of sp³-hybridized carbons (Fsp3) is 0.467. The third kappa shape index (κ3) is 2.38. The molecule has 0 spiro atoms. The van der Waals surface area contributed by atoms with E-state index in [0.717, 1.165) is 6.42 Å². The standard InChI is InChI=1S/C15H14BrClFN3O2S/c1-21-6-3-4-22-5-7(6)23-13-8-12(11(18)9(16)10(13)17)19-15(24-2)20-14(8)21/h6-7H,3-5H2,1-2H3/t6-,7-/m0/s1. The van der Waals surface area contributed by atoms with Crippen LogP contribution in [0.15, 0.2) is 9.63 Å². The van der Waals surface area contributed by atoms with Crippen LogP contribution in [0.3, 0.4) is 0 Å². The number of nitrogens with zero attached hydrogens (tertiary/aromatic N) is 3. The van der Waals surface area contributed by atoms with Gasteiger partial charge in [0, 0.05) is 13.7 Å². The topological polar surface area (TPSA) is 47.5 Å². The lowest BCUT2D eigenvalue weighted by molar-refractivity contribution is -0.00455. The van der Waals surface area contributed by atoms with E-state index in [0.29, 0.717) is 35.3 Å². The van der Waals surface area contributed by atoms with Gasteiger partial charge in [-0.2, -0.15) is 0 Å². The van der Waals surface area contributed by atoms with Gasteiger partial charge in [-0.25, -0.2) is 14.4 Å². The van der Waals surface area contributed by atoms with Gasteiger partial charge in [-0.1, -0.05) is 23.4 Å². The Hall–Kier alpha value is -0.830. The van der Waals surface area contributed by atoms with Crippen molar-refractivity contribution >= 4 is 56.0 Å². The second kappa shape index (κ2) is 6.16. The highest BCUT2D eigenvalue weighted by Gasteiger charge is 2.38. The van der Waals surface area contributed by atoms with Gasteiger partial charge in [-0.15, -0.1) is 0 Å². The van der Waals surface area contributed by atoms with Gasteiger partial charge in [0.05, 0.1) is 22.5 Å². The molecule has 4 rings (SSSR count). The Morgan fingerprint density at radius 3 is 2.96 bits per heavy atom. The van der Waals surface area contributed by atoms with Crippen LogP contribution in [-0.2, 0) is 4.74 Å². The summed E-state index contributed by atoms with van der Waals surface area (Å²) in [4.78, 5) is 11.0. The van der Waals surface area contributed by atoms with E-state index in [4.69, 9.17) is 21.1 Å². The summed E-state index contributed by atoms with van der Waals surface area (Å²) in [7, 11) is 1.95. The van der Waals surface area contributed by atoms with E-state index in [1.54, 1.807) is 0 Å². The highest BCUT2D eigenvalue weighted by atomic mass is 79.9. The minimum Gasteiger partial charge on any atom is -0.483 e. The Kier molecular flexibility index (Phi) is 4.27. The van der Waals surface area contributed by atoms with Crippen LogP contribution < -0.4 is 9.64 Å². The lowest BCUT2D eigenvalue weighted by Crippen LogP contribution is -2.49. The van der Waals surface area contributed by atoms with Crippen LogP contribution in [0.1, 0.15) is 6.42 Å². The monoisotopic (exact) mass is 433 g/mol. The maximum absolute atomic E-state index is 14.8. The molecule has 0 saturated carbocycles. The van der Waals surface area contributed by atoms with Crippen LogP contribution in [0.4, 0.5) is 10.2 Å². The molecule has 2 aliphatic heterocycles.